The van der Waals surface area contributed by atoms with Gasteiger partial charge >= 0.3 is 0 Å². The van der Waals surface area contributed by atoms with Crippen LogP contribution in [0.2, 0.25) is 0 Å². The van der Waals surface area contributed by atoms with Gasteiger partial charge in [0.15, 0.2) is 6.61 Å². The fourth-order valence-electron chi connectivity index (χ4n) is 3.58. The molecule has 2 aromatic carbocycles. The van der Waals surface area contributed by atoms with Crippen molar-refractivity contribution in [2.24, 2.45) is 5.92 Å². The lowest BCUT2D eigenvalue weighted by atomic mass is 9.86. The zero-order valence-electron chi connectivity index (χ0n) is 16.3. The van der Waals surface area contributed by atoms with Gasteiger partial charge in [0.1, 0.15) is 5.75 Å². The van der Waals surface area contributed by atoms with Gasteiger partial charge in [-0.2, -0.15) is 0 Å². The van der Waals surface area contributed by atoms with Crippen LogP contribution in [0.4, 0.5) is 0 Å². The van der Waals surface area contributed by atoms with Crippen LogP contribution in [-0.2, 0) is 11.3 Å². The summed E-state index contributed by atoms with van der Waals surface area (Å²) in [5.41, 5.74) is 1.45. The van der Waals surface area contributed by atoms with Crippen molar-refractivity contribution in [1.29, 1.82) is 0 Å². The average molecular weight is 380 g/mol. The topological polar surface area (TPSA) is 67.4 Å². The molecule has 0 unspecified atom stereocenters. The third-order valence-electron chi connectivity index (χ3n) is 5.24. The molecule has 0 saturated heterocycles. The van der Waals surface area contributed by atoms with Crippen LogP contribution in [0.15, 0.2) is 54.6 Å². The number of rotatable bonds is 7. The summed E-state index contributed by atoms with van der Waals surface area (Å²) >= 11 is 0. The van der Waals surface area contributed by atoms with E-state index >= 15 is 0 Å². The first-order chi connectivity index (χ1) is 13.6. The van der Waals surface area contributed by atoms with Crippen molar-refractivity contribution in [2.75, 3.05) is 6.61 Å². The van der Waals surface area contributed by atoms with Crippen LogP contribution >= 0.6 is 0 Å². The Bertz CT molecular complexity index is 791. The normalized spacial score (nSPS) is 18.9. The second-order valence-electron chi connectivity index (χ2n) is 7.39. The minimum absolute atomic E-state index is 0.0911. The van der Waals surface area contributed by atoms with Gasteiger partial charge in [0.05, 0.1) is 5.56 Å². The minimum atomic E-state index is -0.222. The molecular weight excluding hydrogens is 352 g/mol. The highest BCUT2D eigenvalue weighted by molar-refractivity contribution is 5.97. The Balaban J connectivity index is 1.54. The Morgan fingerprint density at radius 2 is 1.71 bits per heavy atom. The van der Waals surface area contributed by atoms with Gasteiger partial charge in [-0.25, -0.2) is 0 Å². The summed E-state index contributed by atoms with van der Waals surface area (Å²) < 4.78 is 5.68. The zero-order valence-corrected chi connectivity index (χ0v) is 16.3. The molecule has 0 bridgehead atoms. The minimum Gasteiger partial charge on any atom is -0.483 e. The molecule has 0 aromatic heterocycles. The van der Waals surface area contributed by atoms with E-state index in [2.05, 4.69) is 17.6 Å². The Morgan fingerprint density at radius 1 is 1.00 bits per heavy atom. The lowest BCUT2D eigenvalue weighted by Gasteiger charge is -2.29. The van der Waals surface area contributed by atoms with Crippen molar-refractivity contribution in [3.05, 3.63) is 65.7 Å². The van der Waals surface area contributed by atoms with Gasteiger partial charge in [-0.15, -0.1) is 0 Å². The summed E-state index contributed by atoms with van der Waals surface area (Å²) in [6.07, 6.45) is 4.55. The first kappa shape index (κ1) is 19.9. The highest BCUT2D eigenvalue weighted by Gasteiger charge is 2.23. The molecule has 2 atom stereocenters. The number of hydrogen-bond donors (Lipinski definition) is 2. The summed E-state index contributed by atoms with van der Waals surface area (Å²) in [6.45, 7) is 2.53. The molecule has 1 saturated carbocycles. The molecule has 1 aliphatic carbocycles. The van der Waals surface area contributed by atoms with Crippen molar-refractivity contribution in [2.45, 2.75) is 45.2 Å². The second kappa shape index (κ2) is 9.93. The van der Waals surface area contributed by atoms with Crippen molar-refractivity contribution >= 4 is 11.8 Å². The largest absolute Gasteiger partial charge is 0.483 e. The molecule has 5 heteroatoms. The molecule has 0 aliphatic heterocycles. The highest BCUT2D eigenvalue weighted by Crippen LogP contribution is 2.23. The van der Waals surface area contributed by atoms with Crippen LogP contribution in [-0.4, -0.2) is 24.5 Å². The highest BCUT2D eigenvalue weighted by atomic mass is 16.5. The molecule has 2 aromatic rings. The molecule has 1 aliphatic rings. The smallest absolute Gasteiger partial charge is 0.258 e. The molecule has 2 amide bonds. The van der Waals surface area contributed by atoms with E-state index < -0.39 is 0 Å². The second-order valence-corrected chi connectivity index (χ2v) is 7.39. The SMILES string of the molecule is C[C@@H]1CCCC[C@H]1NC(=O)COc1ccccc1C(=O)NCc1ccccc1. The Labute approximate surface area is 166 Å². The summed E-state index contributed by atoms with van der Waals surface area (Å²) in [4.78, 5) is 24.8. The van der Waals surface area contributed by atoms with Gasteiger partial charge in [-0.05, 0) is 36.5 Å². The van der Waals surface area contributed by atoms with Crippen molar-refractivity contribution in [3.8, 4) is 5.75 Å². The van der Waals surface area contributed by atoms with Gasteiger partial charge in [0.25, 0.3) is 11.8 Å². The number of ether oxygens (including phenoxy) is 1. The first-order valence-electron chi connectivity index (χ1n) is 9.97. The van der Waals surface area contributed by atoms with Gasteiger partial charge in [0, 0.05) is 12.6 Å². The van der Waals surface area contributed by atoms with Crippen LogP contribution in [0.1, 0.15) is 48.5 Å². The summed E-state index contributed by atoms with van der Waals surface area (Å²) in [5.74, 6) is 0.549. The zero-order chi connectivity index (χ0) is 19.8. The Morgan fingerprint density at radius 3 is 2.50 bits per heavy atom. The average Bonchev–Trinajstić information content (AvgIpc) is 2.73. The van der Waals surface area contributed by atoms with E-state index in [0.717, 1.165) is 24.8 Å². The van der Waals surface area contributed by atoms with Crippen LogP contribution in [0.25, 0.3) is 0 Å². The molecule has 3 rings (SSSR count). The third kappa shape index (κ3) is 5.59. The summed E-state index contributed by atoms with van der Waals surface area (Å²) in [7, 11) is 0. The third-order valence-corrected chi connectivity index (χ3v) is 5.24. The number of carbonyl (C=O) groups excluding carboxylic acids is 2. The van der Waals surface area contributed by atoms with E-state index in [1.807, 2.05) is 30.3 Å². The van der Waals surface area contributed by atoms with Crippen molar-refractivity contribution in [3.63, 3.8) is 0 Å². The molecule has 0 radical (unpaired) electrons. The maximum atomic E-state index is 12.6. The predicted molar refractivity (Wildman–Crippen MR) is 109 cm³/mol. The van der Waals surface area contributed by atoms with Crippen LogP contribution in [0.5, 0.6) is 5.75 Å². The maximum absolute atomic E-state index is 12.6. The number of nitrogens with one attached hydrogen (secondary N) is 2. The monoisotopic (exact) mass is 380 g/mol. The van der Waals surface area contributed by atoms with E-state index in [-0.39, 0.29) is 24.5 Å². The quantitative estimate of drug-likeness (QED) is 0.770. The lowest BCUT2D eigenvalue weighted by molar-refractivity contribution is -0.124. The predicted octanol–water partition coefficient (Wildman–Crippen LogP) is 3.69. The standard InChI is InChI=1S/C23H28N2O3/c1-17-9-5-7-13-20(17)25-22(26)16-28-21-14-8-6-12-19(21)23(27)24-15-18-10-3-2-4-11-18/h2-4,6,8,10-12,14,17,20H,5,7,9,13,15-16H2,1H3,(H,24,27)(H,25,26)/t17-,20-/m1/s1. The Hall–Kier alpha value is -2.82. The van der Waals surface area contributed by atoms with Crippen molar-refractivity contribution in [1.82, 2.24) is 10.6 Å². The van der Waals surface area contributed by atoms with Crippen molar-refractivity contribution < 1.29 is 14.3 Å². The number of hydrogen-bond acceptors (Lipinski definition) is 3. The molecule has 5 nitrogen and oxygen atoms in total. The van der Waals surface area contributed by atoms with E-state index in [1.165, 1.54) is 6.42 Å². The number of benzene rings is 2. The van der Waals surface area contributed by atoms with Gasteiger partial charge in [0.2, 0.25) is 0 Å². The van der Waals surface area contributed by atoms with E-state index in [9.17, 15) is 9.59 Å². The summed E-state index contributed by atoms with van der Waals surface area (Å²) in [6, 6.07) is 16.9. The number of amides is 2. The van der Waals surface area contributed by atoms with Crippen LogP contribution < -0.4 is 15.4 Å². The molecule has 28 heavy (non-hydrogen) atoms. The summed E-state index contributed by atoms with van der Waals surface area (Å²) in [5, 5.41) is 5.97. The van der Waals surface area contributed by atoms with Gasteiger partial charge in [-0.3, -0.25) is 9.59 Å². The van der Waals surface area contributed by atoms with E-state index in [4.69, 9.17) is 4.74 Å². The molecule has 1 fully saturated rings. The Kier molecular flexibility index (Phi) is 7.06. The molecule has 2 N–H and O–H groups in total. The maximum Gasteiger partial charge on any atom is 0.258 e. The van der Waals surface area contributed by atoms with Crippen LogP contribution in [0.3, 0.4) is 0 Å². The van der Waals surface area contributed by atoms with Gasteiger partial charge in [-0.1, -0.05) is 62.2 Å². The van der Waals surface area contributed by atoms with Gasteiger partial charge < -0.3 is 15.4 Å². The molecule has 0 spiro atoms. The van der Waals surface area contributed by atoms with E-state index in [1.54, 1.807) is 24.3 Å². The molecular formula is C23H28N2O3. The molecule has 0 heterocycles. The van der Waals surface area contributed by atoms with E-state index in [0.29, 0.717) is 23.8 Å². The fraction of sp³-hybridized carbons (Fsp3) is 0.391. The van der Waals surface area contributed by atoms with Crippen LogP contribution in [0, 0.1) is 5.92 Å². The first-order valence-corrected chi connectivity index (χ1v) is 9.97. The fourth-order valence-corrected chi connectivity index (χ4v) is 3.58. The molecule has 148 valence electrons. The number of carbonyl (C=O) groups is 2. The lowest BCUT2D eigenvalue weighted by Crippen LogP contribution is -2.43. The number of para-hydroxylation sites is 1.